The van der Waals surface area contributed by atoms with E-state index in [2.05, 4.69) is 34.3 Å². The van der Waals surface area contributed by atoms with Gasteiger partial charge in [-0.3, -0.25) is 10.1 Å². The van der Waals surface area contributed by atoms with Gasteiger partial charge in [0.2, 0.25) is 5.13 Å². The Morgan fingerprint density at radius 3 is 2.80 bits per heavy atom. The Hall–Kier alpha value is -1.24. The molecule has 8 heteroatoms. The van der Waals surface area contributed by atoms with Crippen LogP contribution in [0.5, 0.6) is 0 Å². The monoisotopic (exact) mass is 330 g/mol. The van der Waals surface area contributed by atoms with Crippen LogP contribution >= 0.6 is 34.5 Å². The van der Waals surface area contributed by atoms with Crippen molar-refractivity contribution in [1.29, 1.82) is 0 Å². The summed E-state index contributed by atoms with van der Waals surface area (Å²) in [5, 5.41) is 12.3. The average Bonchev–Trinajstić information content (AvgIpc) is 2.78. The minimum absolute atomic E-state index is 0.0692. The first kappa shape index (κ1) is 15.2. The summed E-state index contributed by atoms with van der Waals surface area (Å²) in [6, 6.07) is 3.04. The van der Waals surface area contributed by atoms with Gasteiger partial charge in [0.05, 0.1) is 5.02 Å². The van der Waals surface area contributed by atoms with Gasteiger partial charge in [-0.25, -0.2) is 4.98 Å². The first-order valence-electron chi connectivity index (χ1n) is 5.91. The molecule has 0 atom stereocenters. The molecule has 0 aliphatic carbocycles. The Balaban J connectivity index is 2.11. The van der Waals surface area contributed by atoms with Gasteiger partial charge in [0.1, 0.15) is 15.9 Å². The molecule has 0 radical (unpaired) electrons. The van der Waals surface area contributed by atoms with E-state index in [1.807, 2.05) is 0 Å². The van der Waals surface area contributed by atoms with Gasteiger partial charge in [0, 0.05) is 6.42 Å². The summed E-state index contributed by atoms with van der Waals surface area (Å²) in [6.45, 7) is 4.19. The Kier molecular flexibility index (Phi) is 4.91. The summed E-state index contributed by atoms with van der Waals surface area (Å²) in [5.74, 6) is 0.0280. The van der Waals surface area contributed by atoms with E-state index in [1.165, 1.54) is 23.5 Å². The Labute approximate surface area is 130 Å². The average molecular weight is 331 g/mol. The van der Waals surface area contributed by atoms with Gasteiger partial charge < -0.3 is 0 Å². The third kappa shape index (κ3) is 3.88. The zero-order chi connectivity index (χ0) is 14.7. The van der Waals surface area contributed by atoms with Crippen LogP contribution in [0, 0.1) is 5.92 Å². The number of carbonyl (C=O) groups excluding carboxylic acids is 1. The lowest BCUT2D eigenvalue weighted by Gasteiger charge is -2.03. The smallest absolute Gasteiger partial charge is 0.277 e. The van der Waals surface area contributed by atoms with E-state index in [0.29, 0.717) is 11.0 Å². The number of amides is 1. The number of halogens is 2. The molecule has 0 unspecified atom stereocenters. The molecule has 2 aromatic heterocycles. The fourth-order valence-corrected chi connectivity index (χ4v) is 2.76. The Bertz CT molecular complexity index is 630. The molecule has 0 aliphatic rings. The summed E-state index contributed by atoms with van der Waals surface area (Å²) in [6.07, 6.45) is 0.823. The first-order chi connectivity index (χ1) is 9.45. The van der Waals surface area contributed by atoms with Gasteiger partial charge >= 0.3 is 0 Å². The van der Waals surface area contributed by atoms with Crippen LogP contribution in [0.4, 0.5) is 5.13 Å². The van der Waals surface area contributed by atoms with Crippen LogP contribution in [0.3, 0.4) is 0 Å². The number of nitrogens with one attached hydrogen (secondary N) is 1. The van der Waals surface area contributed by atoms with Crippen molar-refractivity contribution in [1.82, 2.24) is 15.2 Å². The molecule has 0 aliphatic heterocycles. The Morgan fingerprint density at radius 2 is 2.10 bits per heavy atom. The lowest BCUT2D eigenvalue weighted by molar-refractivity contribution is 0.102. The minimum Gasteiger partial charge on any atom is -0.295 e. The van der Waals surface area contributed by atoms with Gasteiger partial charge in [-0.2, -0.15) is 0 Å². The van der Waals surface area contributed by atoms with E-state index in [1.54, 1.807) is 0 Å². The summed E-state index contributed by atoms with van der Waals surface area (Å²) < 4.78 is 0. The fraction of sp³-hybridized carbons (Fsp3) is 0.333. The van der Waals surface area contributed by atoms with Crippen molar-refractivity contribution in [2.75, 3.05) is 5.32 Å². The molecule has 2 aromatic rings. The van der Waals surface area contributed by atoms with Crippen LogP contribution in [0.1, 0.15) is 29.3 Å². The van der Waals surface area contributed by atoms with Gasteiger partial charge in [0.25, 0.3) is 5.91 Å². The van der Waals surface area contributed by atoms with Crippen molar-refractivity contribution in [3.05, 3.63) is 33.0 Å². The maximum atomic E-state index is 12.0. The Morgan fingerprint density at radius 1 is 1.35 bits per heavy atom. The van der Waals surface area contributed by atoms with Gasteiger partial charge in [0.15, 0.2) is 0 Å². The molecule has 0 saturated carbocycles. The highest BCUT2D eigenvalue weighted by Crippen LogP contribution is 2.21. The third-order valence-electron chi connectivity index (χ3n) is 2.30. The van der Waals surface area contributed by atoms with Crippen molar-refractivity contribution in [3.8, 4) is 0 Å². The SMILES string of the molecule is CC(C)Cc1nnc(NC(=O)c2nc(Cl)ccc2Cl)s1. The van der Waals surface area contributed by atoms with Crippen molar-refractivity contribution in [2.45, 2.75) is 20.3 Å². The molecule has 0 spiro atoms. The summed E-state index contributed by atoms with van der Waals surface area (Å²) in [7, 11) is 0. The van der Waals surface area contributed by atoms with Crippen molar-refractivity contribution >= 4 is 45.6 Å². The van der Waals surface area contributed by atoms with Gasteiger partial charge in [-0.15, -0.1) is 10.2 Å². The molecule has 0 fully saturated rings. The number of rotatable bonds is 4. The number of hydrogen-bond donors (Lipinski definition) is 1. The van der Waals surface area contributed by atoms with E-state index in [9.17, 15) is 4.79 Å². The normalized spacial score (nSPS) is 10.8. The molecule has 2 heterocycles. The molecule has 1 amide bonds. The summed E-state index contributed by atoms with van der Waals surface area (Å²) in [5.41, 5.74) is 0.0692. The lowest BCUT2D eigenvalue weighted by Crippen LogP contribution is -2.14. The zero-order valence-electron chi connectivity index (χ0n) is 10.9. The van der Waals surface area contributed by atoms with Crippen molar-refractivity contribution in [2.24, 2.45) is 5.92 Å². The van der Waals surface area contributed by atoms with E-state index < -0.39 is 5.91 Å². The summed E-state index contributed by atoms with van der Waals surface area (Å²) in [4.78, 5) is 15.9. The van der Waals surface area contributed by atoms with E-state index in [-0.39, 0.29) is 15.9 Å². The van der Waals surface area contributed by atoms with E-state index in [4.69, 9.17) is 23.2 Å². The van der Waals surface area contributed by atoms with Crippen LogP contribution in [0.2, 0.25) is 10.2 Å². The molecule has 20 heavy (non-hydrogen) atoms. The van der Waals surface area contributed by atoms with Crippen molar-refractivity contribution in [3.63, 3.8) is 0 Å². The largest absolute Gasteiger partial charge is 0.295 e. The first-order valence-corrected chi connectivity index (χ1v) is 7.48. The van der Waals surface area contributed by atoms with Crippen molar-refractivity contribution < 1.29 is 4.79 Å². The fourth-order valence-electron chi connectivity index (χ4n) is 1.47. The predicted octanol–water partition coefficient (Wildman–Crippen LogP) is 3.69. The van der Waals surface area contributed by atoms with Crippen LogP contribution in [0.25, 0.3) is 0 Å². The second-order valence-corrected chi connectivity index (χ2v) is 6.37. The highest BCUT2D eigenvalue weighted by atomic mass is 35.5. The number of hydrogen-bond acceptors (Lipinski definition) is 5. The van der Waals surface area contributed by atoms with E-state index in [0.717, 1.165) is 11.4 Å². The number of carbonyl (C=O) groups is 1. The van der Waals surface area contributed by atoms with Crippen LogP contribution in [-0.2, 0) is 6.42 Å². The molecule has 0 aromatic carbocycles. The van der Waals surface area contributed by atoms with Crippen LogP contribution in [0.15, 0.2) is 12.1 Å². The predicted molar refractivity (Wildman–Crippen MR) is 80.7 cm³/mol. The van der Waals surface area contributed by atoms with Gasteiger partial charge in [-0.05, 0) is 18.1 Å². The maximum absolute atomic E-state index is 12.0. The third-order valence-corrected chi connectivity index (χ3v) is 3.67. The van der Waals surface area contributed by atoms with E-state index >= 15 is 0 Å². The minimum atomic E-state index is -0.454. The molecule has 0 saturated heterocycles. The molecular weight excluding hydrogens is 319 g/mol. The van der Waals surface area contributed by atoms with Crippen LogP contribution in [-0.4, -0.2) is 21.1 Å². The highest BCUT2D eigenvalue weighted by molar-refractivity contribution is 7.15. The molecule has 1 N–H and O–H groups in total. The van der Waals surface area contributed by atoms with Gasteiger partial charge in [-0.1, -0.05) is 48.4 Å². The number of nitrogens with zero attached hydrogens (tertiary/aromatic N) is 3. The molecule has 5 nitrogen and oxygen atoms in total. The summed E-state index contributed by atoms with van der Waals surface area (Å²) >= 11 is 13.0. The molecule has 2 rings (SSSR count). The maximum Gasteiger partial charge on any atom is 0.277 e. The number of anilines is 1. The molecule has 0 bridgehead atoms. The second-order valence-electron chi connectivity index (χ2n) is 4.52. The topological polar surface area (TPSA) is 67.8 Å². The number of aromatic nitrogens is 3. The highest BCUT2D eigenvalue weighted by Gasteiger charge is 2.15. The molecular formula is C12H12Cl2N4OS. The number of pyridine rings is 1. The molecule has 106 valence electrons. The zero-order valence-corrected chi connectivity index (χ0v) is 13.2. The lowest BCUT2D eigenvalue weighted by atomic mass is 10.1. The standard InChI is InChI=1S/C12H12Cl2N4OS/c1-6(2)5-9-17-18-12(20-9)16-11(19)10-7(13)3-4-8(14)15-10/h3-4,6H,5H2,1-2H3,(H,16,18,19). The quantitative estimate of drug-likeness (QED) is 0.868. The second kappa shape index (κ2) is 6.47. The van der Waals surface area contributed by atoms with Crippen LogP contribution < -0.4 is 5.32 Å².